The molecule has 0 amide bonds. The van der Waals surface area contributed by atoms with E-state index in [1.54, 1.807) is 45.3 Å². The highest BCUT2D eigenvalue weighted by atomic mass is 32.1. The van der Waals surface area contributed by atoms with Crippen molar-refractivity contribution in [3.63, 3.8) is 0 Å². The van der Waals surface area contributed by atoms with Gasteiger partial charge < -0.3 is 14.2 Å². The first kappa shape index (κ1) is 36.3. The van der Waals surface area contributed by atoms with Gasteiger partial charge in [0.1, 0.15) is 56.1 Å². The molecule has 0 fully saturated rings. The Hall–Kier alpha value is -4.32. The van der Waals surface area contributed by atoms with Gasteiger partial charge in [-0.15, -0.1) is 68.0 Å². The van der Waals surface area contributed by atoms with Gasteiger partial charge in [0.2, 0.25) is 0 Å². The van der Waals surface area contributed by atoms with Crippen LogP contribution in [-0.2, 0) is 16.8 Å². The molecule has 3 aliphatic heterocycles. The van der Waals surface area contributed by atoms with E-state index < -0.39 is 11.2 Å². The van der Waals surface area contributed by atoms with E-state index in [2.05, 4.69) is 113 Å². The number of thiophene rings is 6. The zero-order chi connectivity index (χ0) is 40.4. The molecule has 0 saturated heterocycles. The summed E-state index contributed by atoms with van der Waals surface area (Å²) in [5.74, 6) is 2.81. The highest BCUT2D eigenvalue weighted by molar-refractivity contribution is 7.26. The average Bonchev–Trinajstić information content (AvgIpc) is 4.05. The predicted octanol–water partition coefficient (Wildman–Crippen LogP) is 15.6. The molecule has 15 heteroatoms. The molecule has 0 atom stereocenters. The molecular weight excluding hydrogens is 901 g/mol. The fourth-order valence-electron chi connectivity index (χ4n) is 8.78. The number of rotatable bonds is 4. The molecule has 13 rings (SSSR count). The molecule has 2 aromatic carbocycles. The van der Waals surface area contributed by atoms with Gasteiger partial charge >= 0.3 is 0 Å². The molecule has 0 spiro atoms. The van der Waals surface area contributed by atoms with Gasteiger partial charge in [0.05, 0.1) is 52.7 Å². The van der Waals surface area contributed by atoms with Gasteiger partial charge in [-0.05, 0) is 88.7 Å². The van der Waals surface area contributed by atoms with E-state index >= 15 is 0 Å². The second-order valence-electron chi connectivity index (χ2n) is 16.7. The second-order valence-corrected chi connectivity index (χ2v) is 23.8. The third-order valence-electron chi connectivity index (χ3n) is 11.7. The van der Waals surface area contributed by atoms with Crippen molar-refractivity contribution in [3.05, 3.63) is 88.1 Å². The van der Waals surface area contributed by atoms with Crippen molar-refractivity contribution in [1.29, 1.82) is 0 Å². The summed E-state index contributed by atoms with van der Waals surface area (Å²) in [6, 6.07) is 22.1. The number of aromatic nitrogens is 4. The Morgan fingerprint density at radius 3 is 1.28 bits per heavy atom. The third kappa shape index (κ3) is 5.11. The first-order valence-electron chi connectivity index (χ1n) is 19.2. The second kappa shape index (κ2) is 12.4. The highest BCUT2D eigenvalue weighted by Gasteiger charge is 2.39. The molecule has 0 bridgehead atoms. The summed E-state index contributed by atoms with van der Waals surface area (Å²) in [5.41, 5.74) is 10.3. The van der Waals surface area contributed by atoms with Crippen LogP contribution < -0.4 is 14.2 Å². The van der Waals surface area contributed by atoms with Crippen LogP contribution in [0.15, 0.2) is 71.4 Å². The number of benzene rings is 2. The van der Waals surface area contributed by atoms with E-state index in [0.717, 1.165) is 81.1 Å². The van der Waals surface area contributed by atoms with Gasteiger partial charge in [-0.2, -0.15) is 17.5 Å². The maximum atomic E-state index is 6.83. The van der Waals surface area contributed by atoms with Crippen molar-refractivity contribution in [1.82, 2.24) is 17.5 Å². The highest BCUT2D eigenvalue weighted by Crippen LogP contribution is 2.59. The molecule has 296 valence electrons. The van der Waals surface area contributed by atoms with Crippen LogP contribution in [0, 0.1) is 0 Å². The van der Waals surface area contributed by atoms with Crippen molar-refractivity contribution in [2.45, 2.75) is 58.3 Å². The van der Waals surface area contributed by atoms with Gasteiger partial charge in [0, 0.05) is 58.5 Å². The van der Waals surface area contributed by atoms with Crippen molar-refractivity contribution in [2.24, 2.45) is 0 Å². The Bertz CT molecular complexity index is 3430. The fraction of sp³-hybridized carbons (Fsp3) is 0.200. The minimum Gasteiger partial charge on any atom is -0.482 e. The van der Waals surface area contributed by atoms with Crippen molar-refractivity contribution in [2.75, 3.05) is 0 Å². The number of hydrogen-bond acceptors (Lipinski definition) is 15. The minimum atomic E-state index is -0.529. The Labute approximate surface area is 376 Å². The lowest BCUT2D eigenvalue weighted by Gasteiger charge is -2.31. The van der Waals surface area contributed by atoms with Gasteiger partial charge in [0.25, 0.3) is 0 Å². The van der Waals surface area contributed by atoms with Crippen LogP contribution in [0.25, 0.3) is 93.1 Å². The molecule has 0 radical (unpaired) electrons. The van der Waals surface area contributed by atoms with Crippen LogP contribution in [0.4, 0.5) is 0 Å². The number of fused-ring (bicyclic) bond motifs is 11. The maximum Gasteiger partial charge on any atom is 0.140 e. The molecule has 60 heavy (non-hydrogen) atoms. The number of ether oxygens (including phenoxy) is 3. The summed E-state index contributed by atoms with van der Waals surface area (Å²) in [6.45, 7) is 12.9. The monoisotopic (exact) mass is 930 g/mol. The molecule has 8 aromatic heterocycles. The summed E-state index contributed by atoms with van der Waals surface area (Å²) in [5, 5.41) is 4.27. The average molecular weight is 931 g/mol. The third-order valence-corrected chi connectivity index (χ3v) is 19.7. The van der Waals surface area contributed by atoms with Crippen LogP contribution in [-0.4, -0.2) is 17.5 Å². The Kier molecular flexibility index (Phi) is 7.52. The van der Waals surface area contributed by atoms with E-state index in [0.29, 0.717) is 0 Å². The summed E-state index contributed by atoms with van der Waals surface area (Å²) >= 11 is 13.2. The smallest absolute Gasteiger partial charge is 0.140 e. The van der Waals surface area contributed by atoms with Crippen LogP contribution >= 0.6 is 91.5 Å². The van der Waals surface area contributed by atoms with Crippen LogP contribution in [0.2, 0.25) is 0 Å². The summed E-state index contributed by atoms with van der Waals surface area (Å²) in [6.07, 6.45) is 0. The van der Waals surface area contributed by atoms with Gasteiger partial charge in [-0.25, -0.2) is 0 Å². The number of hydrogen-bond donors (Lipinski definition) is 0. The van der Waals surface area contributed by atoms with Crippen LogP contribution in [0.1, 0.15) is 58.2 Å². The molecule has 0 unspecified atom stereocenters. The molecule has 0 saturated carbocycles. The Balaban J connectivity index is 0.875. The van der Waals surface area contributed by atoms with E-state index in [1.165, 1.54) is 69.4 Å². The largest absolute Gasteiger partial charge is 0.482 e. The number of nitrogens with zero attached hydrogens (tertiary/aromatic N) is 4. The van der Waals surface area contributed by atoms with Crippen LogP contribution in [0.3, 0.4) is 0 Å². The lowest BCUT2D eigenvalue weighted by atomic mass is 9.94. The normalized spacial score (nSPS) is 16.3. The maximum absolute atomic E-state index is 6.83. The van der Waals surface area contributed by atoms with Crippen molar-refractivity contribution in [3.8, 4) is 88.3 Å². The lowest BCUT2D eigenvalue weighted by Crippen LogP contribution is -2.27. The molecule has 3 aliphatic rings. The van der Waals surface area contributed by atoms with Gasteiger partial charge in [-0.3, -0.25) is 0 Å². The molecule has 0 N–H and O–H groups in total. The predicted molar refractivity (Wildman–Crippen MR) is 255 cm³/mol. The summed E-state index contributed by atoms with van der Waals surface area (Å²) < 4.78 is 39.4. The summed E-state index contributed by atoms with van der Waals surface area (Å²) in [7, 11) is 0. The first-order valence-corrected chi connectivity index (χ1v) is 25.7. The molecule has 7 nitrogen and oxygen atoms in total. The Morgan fingerprint density at radius 2 is 0.767 bits per heavy atom. The molecule has 11 heterocycles. The van der Waals surface area contributed by atoms with Gasteiger partial charge in [-0.1, -0.05) is 24.3 Å². The van der Waals surface area contributed by atoms with E-state index in [4.69, 9.17) is 31.7 Å². The van der Waals surface area contributed by atoms with E-state index in [1.807, 2.05) is 22.7 Å². The van der Waals surface area contributed by atoms with Crippen LogP contribution in [0.5, 0.6) is 17.2 Å². The Morgan fingerprint density at radius 1 is 0.383 bits per heavy atom. The lowest BCUT2D eigenvalue weighted by molar-refractivity contribution is 0.107. The standard InChI is InChI=1S/C45H30N4O3S8/c1-43(2)23-11-13-53-37(23)41-27(51-43)17-31(57-41)21-9-8-20(34-35(21)48-60-47-34)30-16-25-39(56-30)42-28(52-45(25,5)6)18-32(58-42)22-10-7-19(33-36(22)49-59-46-33)29-15-24-38(55-29)40-26(12-14-54-40)50-44(24,3)4/h7-18H,1-6H3. The first-order chi connectivity index (χ1) is 28.9. The summed E-state index contributed by atoms with van der Waals surface area (Å²) in [4.78, 5) is 11.9. The molecule has 0 aliphatic carbocycles. The molecular formula is C45H30N4O3S8. The topological polar surface area (TPSA) is 79.2 Å². The van der Waals surface area contributed by atoms with E-state index in [9.17, 15) is 0 Å². The zero-order valence-electron chi connectivity index (χ0n) is 32.7. The minimum absolute atomic E-state index is 0.371. The van der Waals surface area contributed by atoms with Crippen molar-refractivity contribution >= 4 is 114 Å². The van der Waals surface area contributed by atoms with E-state index in [-0.39, 0.29) is 5.60 Å². The molecule has 10 aromatic rings. The quantitative estimate of drug-likeness (QED) is 0.174. The SMILES string of the molecule is CC1(C)Oc2cc(-c3ccc(-c4cc5c(s4)-c4sc(-c6ccc(-c7cc8c(s7)-c7sccc7OC8(C)C)c7nsnc67)cc4OC5(C)C)c4nsnc34)sc2-c2sccc21. The fourth-order valence-corrected chi connectivity index (χ4v) is 17.2. The van der Waals surface area contributed by atoms with Crippen molar-refractivity contribution < 1.29 is 14.2 Å². The zero-order valence-corrected chi connectivity index (χ0v) is 39.2. The van der Waals surface area contributed by atoms with Gasteiger partial charge in [0.15, 0.2) is 0 Å².